The summed E-state index contributed by atoms with van der Waals surface area (Å²) in [5.41, 5.74) is 0. The smallest absolute Gasteiger partial charge is 0.364 e. The monoisotopic (exact) mass is 202 g/mol. The van der Waals surface area contributed by atoms with E-state index in [0.717, 1.165) is 0 Å². The first kappa shape index (κ1) is 12.3. The molecular formula is C7H10F4O2. The molecule has 0 saturated heterocycles. The van der Waals surface area contributed by atoms with Crippen molar-refractivity contribution in [2.45, 2.75) is 25.2 Å². The average Bonchev–Trinajstić information content (AvgIpc) is 2.04. The zero-order valence-electron chi connectivity index (χ0n) is 7.03. The maximum absolute atomic E-state index is 12.2. The highest BCUT2D eigenvalue weighted by Gasteiger charge is 2.47. The van der Waals surface area contributed by atoms with Crippen LogP contribution in [0.15, 0.2) is 0 Å². The Morgan fingerprint density at radius 2 is 2.00 bits per heavy atom. The van der Waals surface area contributed by atoms with E-state index >= 15 is 0 Å². The Morgan fingerprint density at radius 3 is 2.38 bits per heavy atom. The summed E-state index contributed by atoms with van der Waals surface area (Å²) in [6.07, 6.45) is -4.49. The Morgan fingerprint density at radius 1 is 1.46 bits per heavy atom. The molecule has 0 rings (SSSR count). The molecule has 0 aromatic heterocycles. The summed E-state index contributed by atoms with van der Waals surface area (Å²) in [4.78, 5) is 10.5. The van der Waals surface area contributed by atoms with Gasteiger partial charge in [-0.25, -0.2) is 8.78 Å². The van der Waals surface area contributed by atoms with Gasteiger partial charge in [0.05, 0.1) is 0 Å². The number of hydrogen-bond acceptors (Lipinski definition) is 2. The lowest BCUT2D eigenvalue weighted by Gasteiger charge is -2.12. The van der Waals surface area contributed by atoms with Crippen LogP contribution in [-0.2, 0) is 9.53 Å². The van der Waals surface area contributed by atoms with Gasteiger partial charge in [0.15, 0.2) is 0 Å². The molecule has 0 saturated carbocycles. The van der Waals surface area contributed by atoms with Gasteiger partial charge in [-0.05, 0) is 6.42 Å². The van der Waals surface area contributed by atoms with E-state index in [4.69, 9.17) is 0 Å². The summed E-state index contributed by atoms with van der Waals surface area (Å²) in [6, 6.07) is 0. The Hall–Kier alpha value is -0.650. The number of halogens is 4. The third kappa shape index (κ3) is 3.71. The number of carbonyl (C=O) groups excluding carboxylic acids is 1. The Balaban J connectivity index is 3.95. The number of carbonyl (C=O) groups is 1. The molecular weight excluding hydrogens is 192 g/mol. The lowest BCUT2D eigenvalue weighted by atomic mass is 10.1. The highest BCUT2D eigenvalue weighted by atomic mass is 19.3. The number of ketones is 1. The molecule has 0 amide bonds. The number of Topliss-reactive ketones (excluding diaryl/α,β-unsaturated/α-hetero) is 1. The Labute approximate surface area is 72.9 Å². The van der Waals surface area contributed by atoms with Crippen molar-refractivity contribution in [1.82, 2.24) is 0 Å². The van der Waals surface area contributed by atoms with Crippen LogP contribution in [0.5, 0.6) is 0 Å². The van der Waals surface area contributed by atoms with Gasteiger partial charge in [-0.1, -0.05) is 0 Å². The van der Waals surface area contributed by atoms with Crippen molar-refractivity contribution >= 4 is 5.78 Å². The predicted octanol–water partition coefficient (Wildman–Crippen LogP) is 1.88. The van der Waals surface area contributed by atoms with Crippen molar-refractivity contribution in [3.05, 3.63) is 0 Å². The van der Waals surface area contributed by atoms with Crippen LogP contribution in [0.1, 0.15) is 12.8 Å². The molecule has 0 aliphatic heterocycles. The van der Waals surface area contributed by atoms with Crippen LogP contribution in [0.25, 0.3) is 0 Å². The molecule has 0 N–H and O–H groups in total. The van der Waals surface area contributed by atoms with Crippen molar-refractivity contribution < 1.29 is 27.1 Å². The van der Waals surface area contributed by atoms with E-state index in [1.54, 1.807) is 0 Å². The minimum absolute atomic E-state index is 0.0254. The van der Waals surface area contributed by atoms with Gasteiger partial charge < -0.3 is 4.74 Å². The molecule has 0 heterocycles. The van der Waals surface area contributed by atoms with E-state index in [2.05, 4.69) is 4.74 Å². The molecule has 0 aliphatic rings. The first-order valence-electron chi connectivity index (χ1n) is 3.61. The van der Waals surface area contributed by atoms with Crippen LogP contribution < -0.4 is 0 Å². The van der Waals surface area contributed by atoms with Crippen molar-refractivity contribution in [1.29, 1.82) is 0 Å². The van der Waals surface area contributed by atoms with Gasteiger partial charge in [-0.3, -0.25) is 4.79 Å². The van der Waals surface area contributed by atoms with Crippen molar-refractivity contribution in [2.24, 2.45) is 0 Å². The van der Waals surface area contributed by atoms with Gasteiger partial charge in [-0.15, -0.1) is 0 Å². The van der Waals surface area contributed by atoms with Gasteiger partial charge in [0.25, 0.3) is 0 Å². The number of hydrogen-bond donors (Lipinski definition) is 0. The van der Waals surface area contributed by atoms with Gasteiger partial charge in [0.1, 0.15) is 0 Å². The van der Waals surface area contributed by atoms with Crippen LogP contribution >= 0.6 is 0 Å². The number of methoxy groups -OCH3 is 1. The van der Waals surface area contributed by atoms with E-state index in [9.17, 15) is 22.4 Å². The first-order chi connectivity index (χ1) is 5.92. The van der Waals surface area contributed by atoms with Gasteiger partial charge in [0, 0.05) is 20.1 Å². The van der Waals surface area contributed by atoms with Gasteiger partial charge in [0.2, 0.25) is 5.78 Å². The third-order valence-corrected chi connectivity index (χ3v) is 1.40. The topological polar surface area (TPSA) is 26.3 Å². The number of rotatable bonds is 6. The number of ether oxygens (including phenoxy) is 1. The fraction of sp³-hybridized carbons (Fsp3) is 0.857. The minimum Gasteiger partial charge on any atom is -0.385 e. The largest absolute Gasteiger partial charge is 0.385 e. The second kappa shape index (κ2) is 5.16. The van der Waals surface area contributed by atoms with Crippen molar-refractivity contribution in [3.8, 4) is 0 Å². The molecule has 0 radical (unpaired) electrons. The molecule has 0 aliphatic carbocycles. The van der Waals surface area contributed by atoms with Crippen LogP contribution in [0, 0.1) is 0 Å². The maximum atomic E-state index is 12.2. The molecule has 0 unspecified atom stereocenters. The average molecular weight is 202 g/mol. The summed E-state index contributed by atoms with van der Waals surface area (Å²) >= 11 is 0. The van der Waals surface area contributed by atoms with E-state index in [1.807, 2.05) is 0 Å². The quantitative estimate of drug-likeness (QED) is 0.485. The molecule has 78 valence electrons. The Kier molecular flexibility index (Phi) is 4.90. The summed E-state index contributed by atoms with van der Waals surface area (Å²) in [7, 11) is 1.33. The minimum atomic E-state index is -4.52. The van der Waals surface area contributed by atoms with Crippen LogP contribution in [-0.4, -0.2) is 31.8 Å². The molecule has 0 spiro atoms. The second-order valence-corrected chi connectivity index (χ2v) is 2.44. The molecule has 6 heteroatoms. The molecule has 0 fully saturated rings. The summed E-state index contributed by atoms with van der Waals surface area (Å²) in [5.74, 6) is -6.26. The second-order valence-electron chi connectivity index (χ2n) is 2.44. The molecule has 2 nitrogen and oxygen atoms in total. The standard InChI is InChI=1S/C7H10F4O2/c1-13-4-2-3-5(12)7(10,11)6(8)9/h6H,2-4H2,1H3. The first-order valence-corrected chi connectivity index (χ1v) is 3.61. The maximum Gasteiger partial charge on any atom is 0.364 e. The normalized spacial score (nSPS) is 12.2. The van der Waals surface area contributed by atoms with Crippen molar-refractivity contribution in [2.75, 3.05) is 13.7 Å². The zero-order chi connectivity index (χ0) is 10.5. The van der Waals surface area contributed by atoms with Crippen molar-refractivity contribution in [3.63, 3.8) is 0 Å². The summed E-state index contributed by atoms with van der Waals surface area (Å²) in [6.45, 7) is 0.102. The summed E-state index contributed by atoms with van der Waals surface area (Å²) < 4.78 is 52.1. The van der Waals surface area contributed by atoms with Gasteiger partial charge >= 0.3 is 12.3 Å². The predicted molar refractivity (Wildman–Crippen MR) is 37.1 cm³/mol. The van der Waals surface area contributed by atoms with Crippen LogP contribution in [0.2, 0.25) is 0 Å². The fourth-order valence-electron chi connectivity index (χ4n) is 0.665. The molecule has 0 aromatic carbocycles. The third-order valence-electron chi connectivity index (χ3n) is 1.40. The van der Waals surface area contributed by atoms with E-state index < -0.39 is 24.6 Å². The van der Waals surface area contributed by atoms with E-state index in [-0.39, 0.29) is 13.0 Å². The van der Waals surface area contributed by atoms with E-state index in [0.29, 0.717) is 0 Å². The fourth-order valence-corrected chi connectivity index (χ4v) is 0.665. The van der Waals surface area contributed by atoms with E-state index in [1.165, 1.54) is 7.11 Å². The van der Waals surface area contributed by atoms with Crippen LogP contribution in [0.3, 0.4) is 0 Å². The lowest BCUT2D eigenvalue weighted by Crippen LogP contribution is -2.36. The number of alkyl halides is 4. The highest BCUT2D eigenvalue weighted by molar-refractivity contribution is 5.85. The SMILES string of the molecule is COCCCC(=O)C(F)(F)C(F)F. The molecule has 0 aromatic rings. The highest BCUT2D eigenvalue weighted by Crippen LogP contribution is 2.25. The molecule has 0 atom stereocenters. The van der Waals surface area contributed by atoms with Crippen LogP contribution in [0.4, 0.5) is 17.6 Å². The molecule has 0 bridgehead atoms. The summed E-state index contributed by atoms with van der Waals surface area (Å²) in [5, 5.41) is 0. The van der Waals surface area contributed by atoms with Gasteiger partial charge in [-0.2, -0.15) is 8.78 Å². The zero-order valence-corrected chi connectivity index (χ0v) is 7.03. The Bertz CT molecular complexity index is 170. The molecule has 13 heavy (non-hydrogen) atoms. The lowest BCUT2D eigenvalue weighted by molar-refractivity contribution is -0.167.